The third-order valence-corrected chi connectivity index (χ3v) is 5.47. The largest absolute Gasteiger partial charge is 0.497 e. The van der Waals surface area contributed by atoms with Gasteiger partial charge in [0.1, 0.15) is 11.4 Å². The standard InChI is InChI=1S/C23H25N3O3/c1-15-6-4-7-16(12-15)14-24-23(28)22-21(26-11-5-8-20(26)27)18-13-17(29-3)9-10-19(18)25(22)2/h4,6-7,9-10,12-13H,5,8,11,14H2,1-3H3,(H,24,28). The summed E-state index contributed by atoms with van der Waals surface area (Å²) in [5.74, 6) is 0.551. The molecule has 0 atom stereocenters. The molecule has 2 aromatic carbocycles. The average molecular weight is 391 g/mol. The van der Waals surface area contributed by atoms with Crippen molar-refractivity contribution in [2.75, 3.05) is 18.6 Å². The molecule has 0 aliphatic carbocycles. The van der Waals surface area contributed by atoms with E-state index in [9.17, 15) is 9.59 Å². The molecule has 1 saturated heterocycles. The van der Waals surface area contributed by atoms with E-state index >= 15 is 0 Å². The van der Waals surface area contributed by atoms with Gasteiger partial charge in [0.25, 0.3) is 5.91 Å². The van der Waals surface area contributed by atoms with E-state index in [0.717, 1.165) is 28.5 Å². The fourth-order valence-corrected chi connectivity index (χ4v) is 4.04. The number of fused-ring (bicyclic) bond motifs is 1. The minimum atomic E-state index is -0.195. The number of rotatable bonds is 5. The van der Waals surface area contributed by atoms with Crippen molar-refractivity contribution in [3.8, 4) is 5.75 Å². The number of hydrogen-bond acceptors (Lipinski definition) is 3. The highest BCUT2D eigenvalue weighted by Gasteiger charge is 2.31. The van der Waals surface area contributed by atoms with Gasteiger partial charge in [0.15, 0.2) is 0 Å². The first kappa shape index (κ1) is 19.1. The molecule has 3 aromatic rings. The number of carbonyl (C=O) groups is 2. The van der Waals surface area contributed by atoms with Gasteiger partial charge in [0.05, 0.1) is 18.3 Å². The van der Waals surface area contributed by atoms with Crippen molar-refractivity contribution in [1.82, 2.24) is 9.88 Å². The van der Waals surface area contributed by atoms with Crippen LogP contribution in [0.5, 0.6) is 5.75 Å². The van der Waals surface area contributed by atoms with Crippen LogP contribution in [0.15, 0.2) is 42.5 Å². The van der Waals surface area contributed by atoms with Crippen molar-refractivity contribution < 1.29 is 14.3 Å². The molecule has 29 heavy (non-hydrogen) atoms. The molecule has 0 radical (unpaired) electrons. The van der Waals surface area contributed by atoms with Crippen LogP contribution >= 0.6 is 0 Å². The highest BCUT2D eigenvalue weighted by Crippen LogP contribution is 2.37. The Labute approximate surface area is 170 Å². The minimum absolute atomic E-state index is 0.0491. The number of nitrogens with one attached hydrogen (secondary N) is 1. The fourth-order valence-electron chi connectivity index (χ4n) is 4.04. The van der Waals surface area contributed by atoms with Gasteiger partial charge < -0.3 is 19.5 Å². The van der Waals surface area contributed by atoms with Crippen LogP contribution in [-0.2, 0) is 18.4 Å². The van der Waals surface area contributed by atoms with Crippen LogP contribution in [0.4, 0.5) is 5.69 Å². The molecule has 1 fully saturated rings. The van der Waals surface area contributed by atoms with Crippen molar-refractivity contribution in [3.05, 3.63) is 59.3 Å². The zero-order chi connectivity index (χ0) is 20.5. The second-order valence-corrected chi connectivity index (χ2v) is 7.46. The Bertz CT molecular complexity index is 1100. The molecule has 1 aromatic heterocycles. The first-order valence-electron chi connectivity index (χ1n) is 9.80. The molecule has 0 bridgehead atoms. The van der Waals surface area contributed by atoms with Crippen molar-refractivity contribution in [2.24, 2.45) is 7.05 Å². The lowest BCUT2D eigenvalue weighted by atomic mass is 10.1. The van der Waals surface area contributed by atoms with Crippen LogP contribution in [0.2, 0.25) is 0 Å². The van der Waals surface area contributed by atoms with E-state index in [-0.39, 0.29) is 11.8 Å². The van der Waals surface area contributed by atoms with Gasteiger partial charge in [0.2, 0.25) is 5.91 Å². The van der Waals surface area contributed by atoms with Gasteiger partial charge in [-0.3, -0.25) is 9.59 Å². The molecule has 2 amide bonds. The number of aryl methyl sites for hydroxylation is 2. The Morgan fingerprint density at radius 2 is 2.03 bits per heavy atom. The summed E-state index contributed by atoms with van der Waals surface area (Å²) in [6, 6.07) is 13.7. The Balaban J connectivity index is 1.76. The summed E-state index contributed by atoms with van der Waals surface area (Å²) in [4.78, 5) is 27.5. The number of nitrogens with zero attached hydrogens (tertiary/aromatic N) is 2. The summed E-state index contributed by atoms with van der Waals surface area (Å²) in [6.07, 6.45) is 1.30. The van der Waals surface area contributed by atoms with Crippen molar-refractivity contribution >= 4 is 28.4 Å². The summed E-state index contributed by atoms with van der Waals surface area (Å²) >= 11 is 0. The predicted octanol–water partition coefficient (Wildman–Crippen LogP) is 3.55. The van der Waals surface area contributed by atoms with Crippen molar-refractivity contribution in [2.45, 2.75) is 26.3 Å². The maximum atomic E-state index is 13.2. The predicted molar refractivity (Wildman–Crippen MR) is 113 cm³/mol. The van der Waals surface area contributed by atoms with E-state index in [1.54, 1.807) is 12.0 Å². The molecule has 4 rings (SSSR count). The quantitative estimate of drug-likeness (QED) is 0.723. The van der Waals surface area contributed by atoms with E-state index in [2.05, 4.69) is 11.4 Å². The van der Waals surface area contributed by atoms with Gasteiger partial charge in [-0.25, -0.2) is 0 Å². The van der Waals surface area contributed by atoms with Gasteiger partial charge in [-0.2, -0.15) is 0 Å². The molecule has 2 heterocycles. The fraction of sp³-hybridized carbons (Fsp3) is 0.304. The molecular weight excluding hydrogens is 366 g/mol. The maximum Gasteiger partial charge on any atom is 0.270 e. The monoisotopic (exact) mass is 391 g/mol. The Morgan fingerprint density at radius 1 is 1.21 bits per heavy atom. The van der Waals surface area contributed by atoms with Gasteiger partial charge in [-0.05, 0) is 37.1 Å². The second-order valence-electron chi connectivity index (χ2n) is 7.46. The van der Waals surface area contributed by atoms with Gasteiger partial charge in [0, 0.05) is 31.9 Å². The topological polar surface area (TPSA) is 63.6 Å². The van der Waals surface area contributed by atoms with Gasteiger partial charge >= 0.3 is 0 Å². The normalized spacial score (nSPS) is 13.9. The zero-order valence-electron chi connectivity index (χ0n) is 17.0. The Morgan fingerprint density at radius 3 is 2.72 bits per heavy atom. The third kappa shape index (κ3) is 3.46. The van der Waals surface area contributed by atoms with Crippen molar-refractivity contribution in [1.29, 1.82) is 0 Å². The lowest BCUT2D eigenvalue weighted by Crippen LogP contribution is -2.30. The zero-order valence-corrected chi connectivity index (χ0v) is 17.0. The van der Waals surface area contributed by atoms with Gasteiger partial charge in [-0.1, -0.05) is 29.8 Å². The molecular formula is C23H25N3O3. The lowest BCUT2D eigenvalue weighted by Gasteiger charge is -2.18. The summed E-state index contributed by atoms with van der Waals surface area (Å²) in [7, 11) is 3.47. The Hall–Kier alpha value is -3.28. The number of anilines is 1. The van der Waals surface area contributed by atoms with E-state index in [1.165, 1.54) is 0 Å². The molecule has 0 spiro atoms. The number of aromatic nitrogens is 1. The second kappa shape index (κ2) is 7.62. The number of benzene rings is 2. The summed E-state index contributed by atoms with van der Waals surface area (Å²) < 4.78 is 7.24. The molecule has 1 N–H and O–H groups in total. The number of methoxy groups -OCH3 is 1. The van der Waals surface area contributed by atoms with E-state index in [4.69, 9.17) is 4.74 Å². The molecule has 0 saturated carbocycles. The van der Waals surface area contributed by atoms with E-state index in [1.807, 2.05) is 54.9 Å². The lowest BCUT2D eigenvalue weighted by molar-refractivity contribution is -0.117. The Kier molecular flexibility index (Phi) is 5.01. The molecule has 0 unspecified atom stereocenters. The maximum absolute atomic E-state index is 13.2. The average Bonchev–Trinajstić information content (AvgIpc) is 3.26. The molecule has 1 aliphatic heterocycles. The number of amides is 2. The first-order valence-corrected chi connectivity index (χ1v) is 9.80. The highest BCUT2D eigenvalue weighted by atomic mass is 16.5. The van der Waals surface area contributed by atoms with Crippen LogP contribution in [0.3, 0.4) is 0 Å². The SMILES string of the molecule is COc1ccc2c(c1)c(N1CCCC1=O)c(C(=O)NCc1cccc(C)c1)n2C. The van der Waals surface area contributed by atoms with E-state index < -0.39 is 0 Å². The van der Waals surface area contributed by atoms with Crippen LogP contribution in [0.1, 0.15) is 34.5 Å². The smallest absolute Gasteiger partial charge is 0.270 e. The number of hydrogen-bond donors (Lipinski definition) is 1. The molecule has 6 nitrogen and oxygen atoms in total. The van der Waals surface area contributed by atoms with E-state index in [0.29, 0.717) is 36.6 Å². The number of carbonyl (C=O) groups excluding carboxylic acids is 2. The minimum Gasteiger partial charge on any atom is -0.497 e. The van der Waals surface area contributed by atoms with Crippen LogP contribution in [0.25, 0.3) is 10.9 Å². The van der Waals surface area contributed by atoms with Crippen molar-refractivity contribution in [3.63, 3.8) is 0 Å². The summed E-state index contributed by atoms with van der Waals surface area (Å²) in [6.45, 7) is 3.08. The van der Waals surface area contributed by atoms with Crippen LogP contribution in [0, 0.1) is 6.92 Å². The van der Waals surface area contributed by atoms with Crippen LogP contribution in [-0.4, -0.2) is 30.0 Å². The third-order valence-electron chi connectivity index (χ3n) is 5.47. The highest BCUT2D eigenvalue weighted by molar-refractivity contribution is 6.14. The summed E-state index contributed by atoms with van der Waals surface area (Å²) in [5.41, 5.74) is 4.25. The summed E-state index contributed by atoms with van der Waals surface area (Å²) in [5, 5.41) is 3.87. The molecule has 1 aliphatic rings. The van der Waals surface area contributed by atoms with Gasteiger partial charge in [-0.15, -0.1) is 0 Å². The van der Waals surface area contributed by atoms with Crippen LogP contribution < -0.4 is 15.0 Å². The first-order chi connectivity index (χ1) is 14.0. The number of ether oxygens (including phenoxy) is 1. The molecule has 6 heteroatoms. The molecule has 150 valence electrons.